The highest BCUT2D eigenvalue weighted by molar-refractivity contribution is 5.80. The van der Waals surface area contributed by atoms with E-state index in [4.69, 9.17) is 14.2 Å². The second-order valence-corrected chi connectivity index (χ2v) is 6.79. The number of methoxy groups -OCH3 is 1. The van der Waals surface area contributed by atoms with Crippen LogP contribution < -0.4 is 14.8 Å². The Morgan fingerprint density at radius 3 is 2.92 bits per heavy atom. The monoisotopic (exact) mass is 347 g/mol. The maximum Gasteiger partial charge on any atom is 0.193 e. The zero-order chi connectivity index (χ0) is 17.7. The van der Waals surface area contributed by atoms with Crippen LogP contribution >= 0.6 is 0 Å². The van der Waals surface area contributed by atoms with Crippen LogP contribution in [0, 0.1) is 5.41 Å². The summed E-state index contributed by atoms with van der Waals surface area (Å²) in [6.45, 7) is 7.14. The van der Waals surface area contributed by atoms with Gasteiger partial charge in [0.1, 0.15) is 0 Å². The van der Waals surface area contributed by atoms with Crippen molar-refractivity contribution in [3.63, 3.8) is 0 Å². The van der Waals surface area contributed by atoms with E-state index in [1.54, 1.807) is 7.11 Å². The molecule has 2 aliphatic rings. The van der Waals surface area contributed by atoms with Gasteiger partial charge in [-0.25, -0.2) is 0 Å². The number of likely N-dealkylation sites (tertiary alicyclic amines) is 1. The Morgan fingerprint density at radius 2 is 2.24 bits per heavy atom. The molecule has 0 aliphatic carbocycles. The van der Waals surface area contributed by atoms with Crippen molar-refractivity contribution in [2.45, 2.75) is 26.3 Å². The summed E-state index contributed by atoms with van der Waals surface area (Å²) < 4.78 is 16.6. The fourth-order valence-corrected chi connectivity index (χ4v) is 3.70. The summed E-state index contributed by atoms with van der Waals surface area (Å²) in [5.74, 6) is 2.50. The van der Waals surface area contributed by atoms with Gasteiger partial charge in [0.15, 0.2) is 17.5 Å². The summed E-state index contributed by atoms with van der Waals surface area (Å²) in [4.78, 5) is 6.81. The summed E-state index contributed by atoms with van der Waals surface area (Å²) in [7, 11) is 3.51. The SMILES string of the molecule is CCOc1ccc(CNC(=NC)N2CCC3(CCOC3)C2)cc1OC. The Bertz CT molecular complexity index is 612. The first kappa shape index (κ1) is 17.9. The molecule has 0 amide bonds. The quantitative estimate of drug-likeness (QED) is 0.654. The predicted octanol–water partition coefficient (Wildman–Crippen LogP) is 2.28. The molecule has 138 valence electrons. The summed E-state index contributed by atoms with van der Waals surface area (Å²) in [5, 5.41) is 3.48. The minimum atomic E-state index is 0.333. The molecular weight excluding hydrogens is 318 g/mol. The molecule has 1 aromatic rings. The second-order valence-electron chi connectivity index (χ2n) is 6.79. The standard InChI is InChI=1S/C19H29N3O3/c1-4-25-16-6-5-15(11-17(16)23-3)12-21-18(20-2)22-9-7-19(13-22)8-10-24-14-19/h5-6,11H,4,7-10,12-14H2,1-3H3,(H,20,21). The Labute approximate surface area is 150 Å². The van der Waals surface area contributed by atoms with Crippen molar-refractivity contribution in [1.29, 1.82) is 0 Å². The third-order valence-corrected chi connectivity index (χ3v) is 5.11. The van der Waals surface area contributed by atoms with Crippen molar-refractivity contribution in [3.05, 3.63) is 23.8 Å². The van der Waals surface area contributed by atoms with Crippen LogP contribution in [0.25, 0.3) is 0 Å². The Hall–Kier alpha value is -1.95. The maximum atomic E-state index is 5.62. The van der Waals surface area contributed by atoms with Gasteiger partial charge in [0.2, 0.25) is 0 Å². The number of benzene rings is 1. The number of nitrogens with zero attached hydrogens (tertiary/aromatic N) is 2. The first-order valence-electron chi connectivity index (χ1n) is 9.03. The molecular formula is C19H29N3O3. The molecule has 1 atom stereocenters. The molecule has 1 aromatic carbocycles. The highest BCUT2D eigenvalue weighted by atomic mass is 16.5. The number of rotatable bonds is 5. The summed E-state index contributed by atoms with van der Waals surface area (Å²) in [6.07, 6.45) is 2.35. The lowest BCUT2D eigenvalue weighted by Crippen LogP contribution is -2.41. The third kappa shape index (κ3) is 4.00. The average Bonchev–Trinajstić information content (AvgIpc) is 3.27. The molecule has 2 saturated heterocycles. The van der Waals surface area contributed by atoms with E-state index in [0.717, 1.165) is 55.7 Å². The number of guanidine groups is 1. The van der Waals surface area contributed by atoms with E-state index in [1.165, 1.54) is 6.42 Å². The predicted molar refractivity (Wildman–Crippen MR) is 98.4 cm³/mol. The molecule has 6 heteroatoms. The van der Waals surface area contributed by atoms with Crippen molar-refractivity contribution in [2.24, 2.45) is 10.4 Å². The van der Waals surface area contributed by atoms with Gasteiger partial charge in [0.05, 0.1) is 20.3 Å². The first-order valence-corrected chi connectivity index (χ1v) is 9.03. The van der Waals surface area contributed by atoms with E-state index in [-0.39, 0.29) is 0 Å². The number of hydrogen-bond acceptors (Lipinski definition) is 4. The highest BCUT2D eigenvalue weighted by Crippen LogP contribution is 2.38. The van der Waals surface area contributed by atoms with Crippen LogP contribution in [-0.2, 0) is 11.3 Å². The molecule has 1 unspecified atom stereocenters. The Kier molecular flexibility index (Phi) is 5.68. The Balaban J connectivity index is 1.60. The fourth-order valence-electron chi connectivity index (χ4n) is 3.70. The van der Waals surface area contributed by atoms with Crippen LogP contribution in [0.5, 0.6) is 11.5 Å². The molecule has 2 heterocycles. The molecule has 2 fully saturated rings. The molecule has 2 aliphatic heterocycles. The van der Waals surface area contributed by atoms with Crippen molar-refractivity contribution >= 4 is 5.96 Å². The minimum Gasteiger partial charge on any atom is -0.493 e. The molecule has 0 radical (unpaired) electrons. The van der Waals surface area contributed by atoms with Crippen molar-refractivity contribution in [1.82, 2.24) is 10.2 Å². The zero-order valence-electron chi connectivity index (χ0n) is 15.5. The minimum absolute atomic E-state index is 0.333. The average molecular weight is 347 g/mol. The summed E-state index contributed by atoms with van der Waals surface area (Å²) in [5.41, 5.74) is 1.47. The van der Waals surface area contributed by atoms with Gasteiger partial charge < -0.3 is 24.4 Å². The lowest BCUT2D eigenvalue weighted by Gasteiger charge is -2.25. The molecule has 25 heavy (non-hydrogen) atoms. The van der Waals surface area contributed by atoms with Gasteiger partial charge in [-0.1, -0.05) is 6.07 Å². The molecule has 3 rings (SSSR count). The van der Waals surface area contributed by atoms with Gasteiger partial charge in [0.25, 0.3) is 0 Å². The summed E-state index contributed by atoms with van der Waals surface area (Å²) in [6, 6.07) is 6.04. The van der Waals surface area contributed by atoms with E-state index in [2.05, 4.69) is 21.3 Å². The van der Waals surface area contributed by atoms with Crippen molar-refractivity contribution in [2.75, 3.05) is 47.1 Å². The van der Waals surface area contributed by atoms with E-state index >= 15 is 0 Å². The molecule has 1 N–H and O–H groups in total. The smallest absolute Gasteiger partial charge is 0.193 e. The van der Waals surface area contributed by atoms with Gasteiger partial charge in [0, 0.05) is 38.7 Å². The first-order chi connectivity index (χ1) is 12.2. The van der Waals surface area contributed by atoms with Crippen molar-refractivity contribution < 1.29 is 14.2 Å². The van der Waals surface area contributed by atoms with E-state index < -0.39 is 0 Å². The van der Waals surface area contributed by atoms with Gasteiger partial charge >= 0.3 is 0 Å². The molecule has 0 bridgehead atoms. The summed E-state index contributed by atoms with van der Waals surface area (Å²) >= 11 is 0. The fraction of sp³-hybridized carbons (Fsp3) is 0.632. The molecule has 0 saturated carbocycles. The van der Waals surface area contributed by atoms with Crippen LogP contribution in [0.2, 0.25) is 0 Å². The lowest BCUT2D eigenvalue weighted by molar-refractivity contribution is 0.156. The number of nitrogens with one attached hydrogen (secondary N) is 1. The molecule has 1 spiro atoms. The second kappa shape index (κ2) is 7.95. The molecule has 0 aromatic heterocycles. The van der Waals surface area contributed by atoms with Gasteiger partial charge in [-0.05, 0) is 37.5 Å². The number of aliphatic imine (C=N–C) groups is 1. The number of hydrogen-bond donors (Lipinski definition) is 1. The largest absolute Gasteiger partial charge is 0.493 e. The number of ether oxygens (including phenoxy) is 3. The van der Waals surface area contributed by atoms with Crippen LogP contribution in [0.4, 0.5) is 0 Å². The van der Waals surface area contributed by atoms with E-state index in [0.29, 0.717) is 18.6 Å². The maximum absolute atomic E-state index is 5.62. The topological polar surface area (TPSA) is 55.3 Å². The van der Waals surface area contributed by atoms with Crippen molar-refractivity contribution in [3.8, 4) is 11.5 Å². The molecule has 6 nitrogen and oxygen atoms in total. The van der Waals surface area contributed by atoms with Crippen LogP contribution in [-0.4, -0.2) is 57.9 Å². The van der Waals surface area contributed by atoms with Gasteiger partial charge in [-0.2, -0.15) is 0 Å². The van der Waals surface area contributed by atoms with E-state index in [1.807, 2.05) is 26.1 Å². The highest BCUT2D eigenvalue weighted by Gasteiger charge is 2.42. The van der Waals surface area contributed by atoms with E-state index in [9.17, 15) is 0 Å². The third-order valence-electron chi connectivity index (χ3n) is 5.11. The Morgan fingerprint density at radius 1 is 1.36 bits per heavy atom. The van der Waals surface area contributed by atoms with Crippen LogP contribution in [0.3, 0.4) is 0 Å². The lowest BCUT2D eigenvalue weighted by atomic mass is 9.87. The van der Waals surface area contributed by atoms with Gasteiger partial charge in [-0.15, -0.1) is 0 Å². The normalized spacial score (nSPS) is 23.3. The van der Waals surface area contributed by atoms with Crippen LogP contribution in [0.1, 0.15) is 25.3 Å². The zero-order valence-corrected chi connectivity index (χ0v) is 15.5. The van der Waals surface area contributed by atoms with Crippen LogP contribution in [0.15, 0.2) is 23.2 Å². The van der Waals surface area contributed by atoms with Gasteiger partial charge in [-0.3, -0.25) is 4.99 Å².